The van der Waals surface area contributed by atoms with Crippen LogP contribution in [0.4, 0.5) is 24.8 Å². The van der Waals surface area contributed by atoms with E-state index in [9.17, 15) is 13.2 Å². The maximum atomic E-state index is 12.1. The Morgan fingerprint density at radius 2 is 1.74 bits per heavy atom. The van der Waals surface area contributed by atoms with Gasteiger partial charge in [-0.1, -0.05) is 0 Å². The van der Waals surface area contributed by atoms with Crippen LogP contribution in [0.5, 0.6) is 5.75 Å². The van der Waals surface area contributed by atoms with Crippen LogP contribution in [0.3, 0.4) is 0 Å². The highest BCUT2D eigenvalue weighted by atomic mass is 19.4. The van der Waals surface area contributed by atoms with Gasteiger partial charge < -0.3 is 24.4 Å². The molecule has 0 spiro atoms. The molecule has 1 saturated carbocycles. The minimum Gasteiger partial charge on any atom is -0.492 e. The lowest BCUT2D eigenvalue weighted by Gasteiger charge is -2.31. The quantitative estimate of drug-likeness (QED) is 0.419. The Morgan fingerprint density at radius 3 is 2.47 bits per heavy atom. The van der Waals surface area contributed by atoms with Gasteiger partial charge in [-0.05, 0) is 37.8 Å². The van der Waals surface area contributed by atoms with Crippen molar-refractivity contribution >= 4 is 28.7 Å². The Labute approximate surface area is 218 Å². The molecular weight excluding hydrogens is 501 g/mol. The fraction of sp³-hybridized carbons (Fsp3) is 0.462. The van der Waals surface area contributed by atoms with Gasteiger partial charge in [0, 0.05) is 61.2 Å². The molecule has 1 aromatic carbocycles. The molecular formula is C26H29F3N6O3. The summed E-state index contributed by atoms with van der Waals surface area (Å²) in [5, 5.41) is 3.34. The lowest BCUT2D eigenvalue weighted by atomic mass is 9.93. The standard InChI is InChI=1S/C26H29F3N6O3/c27-26(28,29)17-37-10-5-18-15-32-25(33-16-18)34-19-1-3-21(4-2-19)38-23-14-20(35-8-11-36-12-9-35)13-22-24(23)31-7-6-30-22/h5-7,10,13-16,19,21H,1-4,8-9,11-12,17H2,(H,32,33,34)/b10-5+/t19-,21+. The van der Waals surface area contributed by atoms with Gasteiger partial charge in [-0.3, -0.25) is 4.98 Å². The number of morpholine rings is 1. The van der Waals surface area contributed by atoms with Crippen LogP contribution in [0, 0.1) is 0 Å². The zero-order chi connectivity index (χ0) is 26.4. The lowest BCUT2D eigenvalue weighted by molar-refractivity contribution is -0.161. The molecule has 202 valence electrons. The number of benzene rings is 1. The van der Waals surface area contributed by atoms with Crippen molar-refractivity contribution in [1.29, 1.82) is 0 Å². The Hall–Kier alpha value is -3.67. The monoisotopic (exact) mass is 530 g/mol. The normalized spacial score (nSPS) is 20.6. The van der Waals surface area contributed by atoms with Crippen LogP contribution in [0.15, 0.2) is 43.2 Å². The van der Waals surface area contributed by atoms with Crippen molar-refractivity contribution in [1.82, 2.24) is 19.9 Å². The van der Waals surface area contributed by atoms with Gasteiger partial charge in [0.1, 0.15) is 11.3 Å². The van der Waals surface area contributed by atoms with Crippen molar-refractivity contribution in [2.45, 2.75) is 44.0 Å². The summed E-state index contributed by atoms with van der Waals surface area (Å²) in [5.41, 5.74) is 3.18. The van der Waals surface area contributed by atoms with Crippen molar-refractivity contribution in [2.24, 2.45) is 0 Å². The molecule has 0 unspecified atom stereocenters. The molecule has 2 fully saturated rings. The average Bonchev–Trinajstić information content (AvgIpc) is 2.93. The number of nitrogens with one attached hydrogen (secondary N) is 1. The SMILES string of the molecule is FC(F)(F)CO/C=C/c1cnc(N[C@H]2CC[C@@H](Oc3cc(N4CCOCC4)cc4nccnc34)CC2)nc1. The zero-order valence-electron chi connectivity index (χ0n) is 20.7. The van der Waals surface area contributed by atoms with Crippen molar-refractivity contribution in [3.8, 4) is 5.75 Å². The molecule has 38 heavy (non-hydrogen) atoms. The fourth-order valence-corrected chi connectivity index (χ4v) is 4.58. The van der Waals surface area contributed by atoms with E-state index in [1.807, 2.05) is 0 Å². The second-order valence-electron chi connectivity index (χ2n) is 9.27. The van der Waals surface area contributed by atoms with Crippen LogP contribution in [0.1, 0.15) is 31.2 Å². The summed E-state index contributed by atoms with van der Waals surface area (Å²) in [5.74, 6) is 1.22. The molecule has 2 aliphatic rings. The van der Waals surface area contributed by atoms with E-state index in [1.54, 1.807) is 12.4 Å². The number of hydrogen-bond donors (Lipinski definition) is 1. The summed E-state index contributed by atoms with van der Waals surface area (Å²) in [6.07, 6.45) is 8.00. The summed E-state index contributed by atoms with van der Waals surface area (Å²) in [6.45, 7) is 1.72. The summed E-state index contributed by atoms with van der Waals surface area (Å²) in [7, 11) is 0. The van der Waals surface area contributed by atoms with Crippen LogP contribution in [-0.2, 0) is 9.47 Å². The molecule has 0 bridgehead atoms. The molecule has 9 nitrogen and oxygen atoms in total. The smallest absolute Gasteiger partial charge is 0.422 e. The van der Waals surface area contributed by atoms with Gasteiger partial charge in [0.15, 0.2) is 6.61 Å². The number of rotatable bonds is 8. The van der Waals surface area contributed by atoms with Gasteiger partial charge in [0.2, 0.25) is 5.95 Å². The molecule has 0 amide bonds. The number of halogens is 3. The van der Waals surface area contributed by atoms with E-state index in [0.29, 0.717) is 24.7 Å². The highest BCUT2D eigenvalue weighted by molar-refractivity contribution is 5.85. The van der Waals surface area contributed by atoms with Crippen LogP contribution >= 0.6 is 0 Å². The minimum absolute atomic E-state index is 0.0586. The number of fused-ring (bicyclic) bond motifs is 1. The maximum absolute atomic E-state index is 12.1. The maximum Gasteiger partial charge on any atom is 0.422 e. The van der Waals surface area contributed by atoms with E-state index in [0.717, 1.165) is 67.5 Å². The third-order valence-corrected chi connectivity index (χ3v) is 6.48. The Kier molecular flexibility index (Phi) is 8.06. The summed E-state index contributed by atoms with van der Waals surface area (Å²) < 4.78 is 52.8. The number of alkyl halides is 3. The first-order valence-corrected chi connectivity index (χ1v) is 12.6. The molecule has 0 atom stereocenters. The third-order valence-electron chi connectivity index (χ3n) is 6.48. The van der Waals surface area contributed by atoms with E-state index in [-0.39, 0.29) is 12.1 Å². The molecule has 0 radical (unpaired) electrons. The van der Waals surface area contributed by atoms with Crippen LogP contribution in [0.2, 0.25) is 0 Å². The fourth-order valence-electron chi connectivity index (χ4n) is 4.58. The van der Waals surface area contributed by atoms with Gasteiger partial charge >= 0.3 is 6.18 Å². The van der Waals surface area contributed by atoms with E-state index in [4.69, 9.17) is 9.47 Å². The third kappa shape index (κ3) is 7.00. The van der Waals surface area contributed by atoms with Crippen molar-refractivity contribution in [2.75, 3.05) is 43.1 Å². The van der Waals surface area contributed by atoms with Crippen LogP contribution in [-0.4, -0.2) is 71.2 Å². The highest BCUT2D eigenvalue weighted by Gasteiger charge is 2.27. The molecule has 3 aromatic rings. The zero-order valence-corrected chi connectivity index (χ0v) is 20.7. The van der Waals surface area contributed by atoms with Gasteiger partial charge in [-0.15, -0.1) is 0 Å². The highest BCUT2D eigenvalue weighted by Crippen LogP contribution is 2.33. The van der Waals surface area contributed by atoms with E-state index in [1.165, 1.54) is 18.5 Å². The molecule has 1 aliphatic carbocycles. The summed E-state index contributed by atoms with van der Waals surface area (Å²) in [6, 6.07) is 4.31. The largest absolute Gasteiger partial charge is 0.492 e. The van der Waals surface area contributed by atoms with Crippen molar-refractivity contribution in [3.63, 3.8) is 0 Å². The minimum atomic E-state index is -4.37. The molecule has 1 saturated heterocycles. The van der Waals surface area contributed by atoms with E-state index in [2.05, 4.69) is 47.0 Å². The van der Waals surface area contributed by atoms with Gasteiger partial charge in [0.05, 0.1) is 31.1 Å². The van der Waals surface area contributed by atoms with Gasteiger partial charge in [-0.2, -0.15) is 13.2 Å². The number of hydrogen-bond acceptors (Lipinski definition) is 9. The predicted molar refractivity (Wildman–Crippen MR) is 136 cm³/mol. The number of ether oxygens (including phenoxy) is 3. The Bertz CT molecular complexity index is 1230. The lowest BCUT2D eigenvalue weighted by Crippen LogP contribution is -2.36. The van der Waals surface area contributed by atoms with Crippen molar-refractivity contribution < 1.29 is 27.4 Å². The van der Waals surface area contributed by atoms with E-state index < -0.39 is 12.8 Å². The predicted octanol–water partition coefficient (Wildman–Crippen LogP) is 4.61. The molecule has 3 heterocycles. The van der Waals surface area contributed by atoms with Gasteiger partial charge in [-0.25, -0.2) is 15.0 Å². The first-order chi connectivity index (χ1) is 18.4. The molecule has 1 N–H and O–H groups in total. The molecule has 1 aliphatic heterocycles. The second-order valence-corrected chi connectivity index (χ2v) is 9.27. The Balaban J connectivity index is 1.15. The summed E-state index contributed by atoms with van der Waals surface area (Å²) >= 11 is 0. The number of nitrogens with zero attached hydrogens (tertiary/aromatic N) is 5. The topological polar surface area (TPSA) is 94.5 Å². The number of anilines is 2. The van der Waals surface area contributed by atoms with Crippen molar-refractivity contribution in [3.05, 3.63) is 48.7 Å². The van der Waals surface area contributed by atoms with Crippen LogP contribution < -0.4 is 15.0 Å². The molecule has 12 heteroatoms. The summed E-state index contributed by atoms with van der Waals surface area (Å²) in [4.78, 5) is 19.8. The second kappa shape index (κ2) is 11.8. The first-order valence-electron chi connectivity index (χ1n) is 12.6. The Morgan fingerprint density at radius 1 is 1.00 bits per heavy atom. The van der Waals surface area contributed by atoms with E-state index >= 15 is 0 Å². The first kappa shape index (κ1) is 26.0. The van der Waals surface area contributed by atoms with Gasteiger partial charge in [0.25, 0.3) is 0 Å². The molecule has 5 rings (SSSR count). The molecule has 2 aromatic heterocycles. The number of aromatic nitrogens is 4. The van der Waals surface area contributed by atoms with Crippen LogP contribution in [0.25, 0.3) is 17.1 Å². The average molecular weight is 531 g/mol.